The number of aryl methyl sites for hydroxylation is 1. The fourth-order valence-corrected chi connectivity index (χ4v) is 4.49. The maximum atomic E-state index is 12.3. The summed E-state index contributed by atoms with van der Waals surface area (Å²) in [6, 6.07) is 16.3. The zero-order valence-electron chi connectivity index (χ0n) is 19.6. The third kappa shape index (κ3) is 6.72. The summed E-state index contributed by atoms with van der Waals surface area (Å²) in [5, 5.41) is 2.91. The molecule has 3 aromatic heterocycles. The number of aromatic nitrogens is 5. The van der Waals surface area contributed by atoms with Gasteiger partial charge in [-0.15, -0.1) is 0 Å². The standard InChI is InChI=1S/C25H27N7O2S/c1-18-4-3-5-23(30-18)25-28-13-11-21(32-25)17-20-10-12-27-24(31-20)16-19-6-8-22(9-7-19)35(33,34)29-15-14-26-2/h3-13,26,29H,14-17H2,1-2H3. The van der Waals surface area contributed by atoms with Gasteiger partial charge in [0.2, 0.25) is 10.0 Å². The van der Waals surface area contributed by atoms with Gasteiger partial charge in [-0.1, -0.05) is 18.2 Å². The van der Waals surface area contributed by atoms with E-state index >= 15 is 0 Å². The molecular weight excluding hydrogens is 462 g/mol. The monoisotopic (exact) mass is 489 g/mol. The van der Waals surface area contributed by atoms with Crippen molar-refractivity contribution in [2.75, 3.05) is 20.1 Å². The van der Waals surface area contributed by atoms with Crippen LogP contribution in [0.15, 0.2) is 71.9 Å². The summed E-state index contributed by atoms with van der Waals surface area (Å²) >= 11 is 0. The lowest BCUT2D eigenvalue weighted by molar-refractivity contribution is 0.579. The van der Waals surface area contributed by atoms with E-state index in [0.29, 0.717) is 37.6 Å². The van der Waals surface area contributed by atoms with Crippen molar-refractivity contribution in [3.8, 4) is 11.5 Å². The molecule has 10 heteroatoms. The zero-order valence-corrected chi connectivity index (χ0v) is 20.5. The van der Waals surface area contributed by atoms with Crippen LogP contribution in [0.5, 0.6) is 0 Å². The predicted octanol–water partition coefficient (Wildman–Crippen LogP) is 2.32. The van der Waals surface area contributed by atoms with Crippen LogP contribution in [0.25, 0.3) is 11.5 Å². The van der Waals surface area contributed by atoms with Gasteiger partial charge in [0.05, 0.1) is 16.3 Å². The lowest BCUT2D eigenvalue weighted by Gasteiger charge is -2.08. The van der Waals surface area contributed by atoms with Crippen molar-refractivity contribution >= 4 is 10.0 Å². The molecule has 4 rings (SSSR count). The summed E-state index contributed by atoms with van der Waals surface area (Å²) in [7, 11) is -1.76. The largest absolute Gasteiger partial charge is 0.318 e. The van der Waals surface area contributed by atoms with Gasteiger partial charge in [-0.25, -0.2) is 38.1 Å². The van der Waals surface area contributed by atoms with Gasteiger partial charge in [-0.2, -0.15) is 0 Å². The normalized spacial score (nSPS) is 11.5. The molecule has 0 bridgehead atoms. The van der Waals surface area contributed by atoms with E-state index in [-0.39, 0.29) is 4.90 Å². The summed E-state index contributed by atoms with van der Waals surface area (Å²) in [5.41, 5.74) is 4.24. The molecule has 2 N–H and O–H groups in total. The van der Waals surface area contributed by atoms with E-state index in [1.807, 2.05) is 37.3 Å². The maximum absolute atomic E-state index is 12.3. The molecule has 0 aliphatic carbocycles. The van der Waals surface area contributed by atoms with Crippen LogP contribution in [-0.2, 0) is 22.9 Å². The third-order valence-corrected chi connectivity index (χ3v) is 6.70. The molecule has 0 fully saturated rings. The highest BCUT2D eigenvalue weighted by Gasteiger charge is 2.13. The quantitative estimate of drug-likeness (QED) is 0.326. The van der Waals surface area contributed by atoms with Crippen LogP contribution in [0.1, 0.15) is 28.5 Å². The second-order valence-electron chi connectivity index (χ2n) is 8.00. The molecule has 1 aromatic carbocycles. The van der Waals surface area contributed by atoms with Crippen LogP contribution in [0, 0.1) is 6.92 Å². The highest BCUT2D eigenvalue weighted by molar-refractivity contribution is 7.89. The van der Waals surface area contributed by atoms with Crippen molar-refractivity contribution in [2.45, 2.75) is 24.7 Å². The number of hydrogen-bond acceptors (Lipinski definition) is 8. The number of rotatable bonds is 10. The molecule has 4 aromatic rings. The molecule has 0 atom stereocenters. The van der Waals surface area contributed by atoms with E-state index in [0.717, 1.165) is 28.3 Å². The minimum atomic E-state index is -3.53. The average Bonchev–Trinajstić information content (AvgIpc) is 2.85. The molecule has 0 radical (unpaired) electrons. The number of nitrogens with one attached hydrogen (secondary N) is 2. The van der Waals surface area contributed by atoms with Crippen molar-refractivity contribution in [2.24, 2.45) is 0 Å². The van der Waals surface area contributed by atoms with Crippen LogP contribution < -0.4 is 10.0 Å². The van der Waals surface area contributed by atoms with Crippen LogP contribution in [-0.4, -0.2) is 53.5 Å². The molecule has 0 spiro atoms. The molecule has 180 valence electrons. The molecule has 0 amide bonds. The van der Waals surface area contributed by atoms with Crippen LogP contribution >= 0.6 is 0 Å². The molecule has 0 aliphatic heterocycles. The molecule has 0 saturated carbocycles. The lowest BCUT2D eigenvalue weighted by atomic mass is 10.1. The Morgan fingerprint density at radius 2 is 1.54 bits per heavy atom. The van der Waals surface area contributed by atoms with Gasteiger partial charge in [0.25, 0.3) is 0 Å². The fourth-order valence-electron chi connectivity index (χ4n) is 3.46. The Balaban J connectivity index is 1.44. The number of pyridine rings is 1. The number of nitrogens with zero attached hydrogens (tertiary/aromatic N) is 5. The first-order valence-electron chi connectivity index (χ1n) is 11.2. The molecule has 3 heterocycles. The first-order valence-corrected chi connectivity index (χ1v) is 12.7. The topological polar surface area (TPSA) is 123 Å². The summed E-state index contributed by atoms with van der Waals surface area (Å²) in [6.45, 7) is 2.82. The highest BCUT2D eigenvalue weighted by Crippen LogP contribution is 2.15. The Labute approximate surface area is 205 Å². The fraction of sp³-hybridized carbons (Fsp3) is 0.240. The average molecular weight is 490 g/mol. The Hall–Kier alpha value is -3.60. The minimum Gasteiger partial charge on any atom is -0.318 e. The third-order valence-electron chi connectivity index (χ3n) is 5.22. The molecule has 9 nitrogen and oxygen atoms in total. The van der Waals surface area contributed by atoms with Crippen molar-refractivity contribution in [3.63, 3.8) is 0 Å². The minimum absolute atomic E-state index is 0.231. The Morgan fingerprint density at radius 1 is 0.800 bits per heavy atom. The number of likely N-dealkylation sites (N-methyl/N-ethyl adjacent to an activating group) is 1. The van der Waals surface area contributed by atoms with Crippen molar-refractivity contribution in [1.82, 2.24) is 35.0 Å². The first kappa shape index (κ1) is 24.5. The van der Waals surface area contributed by atoms with Crippen molar-refractivity contribution in [3.05, 3.63) is 95.5 Å². The van der Waals surface area contributed by atoms with Gasteiger partial charge in [0.15, 0.2) is 5.82 Å². The molecule has 0 unspecified atom stereocenters. The Bertz CT molecular complexity index is 1390. The maximum Gasteiger partial charge on any atom is 0.240 e. The van der Waals surface area contributed by atoms with E-state index in [1.54, 1.807) is 43.7 Å². The van der Waals surface area contributed by atoms with E-state index < -0.39 is 10.0 Å². The van der Waals surface area contributed by atoms with E-state index in [4.69, 9.17) is 0 Å². The number of benzene rings is 1. The number of hydrogen-bond donors (Lipinski definition) is 2. The van der Waals surface area contributed by atoms with Crippen LogP contribution in [0.3, 0.4) is 0 Å². The van der Waals surface area contributed by atoms with Crippen molar-refractivity contribution < 1.29 is 8.42 Å². The molecule has 35 heavy (non-hydrogen) atoms. The number of sulfonamides is 1. The van der Waals surface area contributed by atoms with Crippen LogP contribution in [0.2, 0.25) is 0 Å². The molecule has 0 saturated heterocycles. The molecule has 0 aliphatic rings. The van der Waals surface area contributed by atoms with Gasteiger partial charge in [0, 0.05) is 44.0 Å². The summed E-state index contributed by atoms with van der Waals surface area (Å²) in [5.74, 6) is 1.23. The summed E-state index contributed by atoms with van der Waals surface area (Å²) in [4.78, 5) is 22.8. The summed E-state index contributed by atoms with van der Waals surface area (Å²) < 4.78 is 27.3. The lowest BCUT2D eigenvalue weighted by Crippen LogP contribution is -2.30. The highest BCUT2D eigenvalue weighted by atomic mass is 32.2. The second-order valence-corrected chi connectivity index (χ2v) is 9.77. The smallest absolute Gasteiger partial charge is 0.240 e. The second kappa shape index (κ2) is 11.2. The Morgan fingerprint density at radius 3 is 2.29 bits per heavy atom. The SMILES string of the molecule is CNCCNS(=O)(=O)c1ccc(Cc2nccc(Cc3ccnc(-c4cccc(C)n4)n3)n2)cc1. The van der Waals surface area contributed by atoms with Gasteiger partial charge in [-0.05, 0) is 55.9 Å². The Kier molecular flexibility index (Phi) is 7.86. The van der Waals surface area contributed by atoms with E-state index in [1.165, 1.54) is 0 Å². The van der Waals surface area contributed by atoms with Crippen molar-refractivity contribution in [1.29, 1.82) is 0 Å². The van der Waals surface area contributed by atoms with Gasteiger partial charge < -0.3 is 5.32 Å². The van der Waals surface area contributed by atoms with Gasteiger partial charge >= 0.3 is 0 Å². The zero-order chi connectivity index (χ0) is 24.7. The molecular formula is C25H27N7O2S. The predicted molar refractivity (Wildman–Crippen MR) is 133 cm³/mol. The van der Waals surface area contributed by atoms with E-state index in [2.05, 4.69) is 35.0 Å². The first-order chi connectivity index (χ1) is 16.9. The van der Waals surface area contributed by atoms with Crippen LogP contribution in [0.4, 0.5) is 0 Å². The van der Waals surface area contributed by atoms with E-state index in [9.17, 15) is 8.42 Å². The van der Waals surface area contributed by atoms with Gasteiger partial charge in [0.1, 0.15) is 11.5 Å². The van der Waals surface area contributed by atoms with Gasteiger partial charge in [-0.3, -0.25) is 0 Å². The summed E-state index contributed by atoms with van der Waals surface area (Å²) in [6.07, 6.45) is 4.48.